The minimum absolute atomic E-state index is 0.312. The molecular weight excluding hydrogens is 346 g/mol. The van der Waals surface area contributed by atoms with Crippen molar-refractivity contribution >= 4 is 17.3 Å². The van der Waals surface area contributed by atoms with Crippen molar-refractivity contribution in [1.82, 2.24) is 34.8 Å². The molecule has 0 bridgehead atoms. The predicted octanol–water partition coefficient (Wildman–Crippen LogP) is 0.995. The molecule has 0 aliphatic carbocycles. The van der Waals surface area contributed by atoms with Crippen molar-refractivity contribution in [2.45, 2.75) is 0 Å². The predicted molar refractivity (Wildman–Crippen MR) is 99.0 cm³/mol. The van der Waals surface area contributed by atoms with Crippen LogP contribution in [0.2, 0.25) is 0 Å². The number of anilines is 2. The van der Waals surface area contributed by atoms with Crippen molar-refractivity contribution < 1.29 is 4.74 Å². The van der Waals surface area contributed by atoms with Gasteiger partial charge < -0.3 is 15.4 Å². The Balaban J connectivity index is 1.63. The van der Waals surface area contributed by atoms with Crippen LogP contribution in [0.15, 0.2) is 37.1 Å². The van der Waals surface area contributed by atoms with E-state index in [1.807, 2.05) is 12.1 Å². The second kappa shape index (κ2) is 6.32. The van der Waals surface area contributed by atoms with Crippen molar-refractivity contribution in [2.75, 3.05) is 36.9 Å². The number of hydrogen-bond acceptors (Lipinski definition) is 8. The zero-order valence-electron chi connectivity index (χ0n) is 14.4. The van der Waals surface area contributed by atoms with Gasteiger partial charge in [0.15, 0.2) is 11.5 Å². The monoisotopic (exact) mass is 363 g/mol. The lowest BCUT2D eigenvalue weighted by molar-refractivity contribution is 0.122. The van der Waals surface area contributed by atoms with Crippen LogP contribution in [0.4, 0.5) is 11.6 Å². The molecule has 5 heterocycles. The summed E-state index contributed by atoms with van der Waals surface area (Å²) in [6.07, 6.45) is 6.76. The van der Waals surface area contributed by atoms with Gasteiger partial charge in [-0.3, -0.25) is 5.10 Å². The summed E-state index contributed by atoms with van der Waals surface area (Å²) in [5.74, 6) is 1.23. The number of morpholine rings is 1. The fourth-order valence-electron chi connectivity index (χ4n) is 3.25. The van der Waals surface area contributed by atoms with E-state index < -0.39 is 0 Å². The lowest BCUT2D eigenvalue weighted by Crippen LogP contribution is -2.36. The minimum Gasteiger partial charge on any atom is -0.381 e. The highest BCUT2D eigenvalue weighted by Crippen LogP contribution is 2.32. The van der Waals surface area contributed by atoms with Gasteiger partial charge in [0.2, 0.25) is 0 Å². The van der Waals surface area contributed by atoms with Crippen LogP contribution in [-0.4, -0.2) is 61.1 Å². The molecule has 3 N–H and O–H groups in total. The Morgan fingerprint density at radius 2 is 1.96 bits per heavy atom. The van der Waals surface area contributed by atoms with Gasteiger partial charge in [-0.25, -0.2) is 19.5 Å². The average Bonchev–Trinajstić information content (AvgIpc) is 3.41. The summed E-state index contributed by atoms with van der Waals surface area (Å²) in [5, 5.41) is 11.2. The number of ether oxygens (including phenoxy) is 1. The number of fused-ring (bicyclic) bond motifs is 1. The molecule has 1 aliphatic rings. The van der Waals surface area contributed by atoms with Crippen molar-refractivity contribution in [3.63, 3.8) is 0 Å². The summed E-state index contributed by atoms with van der Waals surface area (Å²) in [4.78, 5) is 15.6. The molecule has 10 nitrogen and oxygen atoms in total. The van der Waals surface area contributed by atoms with Crippen LogP contribution in [0, 0.1) is 0 Å². The molecule has 1 saturated heterocycles. The van der Waals surface area contributed by atoms with Gasteiger partial charge >= 0.3 is 0 Å². The molecule has 0 spiro atoms. The molecule has 136 valence electrons. The number of aromatic amines is 1. The largest absolute Gasteiger partial charge is 0.381 e. The number of hydrogen-bond donors (Lipinski definition) is 2. The van der Waals surface area contributed by atoms with Crippen molar-refractivity contribution in [1.29, 1.82) is 0 Å². The third-order valence-corrected chi connectivity index (χ3v) is 4.57. The maximum atomic E-state index is 6.11. The van der Waals surface area contributed by atoms with E-state index in [0.717, 1.165) is 48.9 Å². The molecule has 4 aromatic rings. The highest BCUT2D eigenvalue weighted by atomic mass is 16.5. The summed E-state index contributed by atoms with van der Waals surface area (Å²) in [6.45, 7) is 3.11. The highest BCUT2D eigenvalue weighted by Gasteiger charge is 2.19. The SMILES string of the molecule is Nc1nc(-c2ccc(N3CCOCC3)nc2)c(-c2cn[nH]c2)n2ncnc12. The van der Waals surface area contributed by atoms with Crippen LogP contribution in [0.3, 0.4) is 0 Å². The summed E-state index contributed by atoms with van der Waals surface area (Å²) >= 11 is 0. The molecule has 0 unspecified atom stereocenters. The molecule has 5 rings (SSSR count). The second-order valence-corrected chi connectivity index (χ2v) is 6.18. The number of pyridine rings is 1. The van der Waals surface area contributed by atoms with Gasteiger partial charge in [0.1, 0.15) is 23.5 Å². The third kappa shape index (κ3) is 2.66. The fourth-order valence-corrected chi connectivity index (χ4v) is 3.25. The Bertz CT molecular complexity index is 1070. The summed E-state index contributed by atoms with van der Waals surface area (Å²) in [7, 11) is 0. The summed E-state index contributed by atoms with van der Waals surface area (Å²) in [5.41, 5.74) is 9.72. The Kier molecular flexibility index (Phi) is 3.68. The number of nitrogens with zero attached hydrogens (tertiary/aromatic N) is 7. The highest BCUT2D eigenvalue weighted by molar-refractivity contribution is 5.82. The molecule has 1 fully saturated rings. The summed E-state index contributed by atoms with van der Waals surface area (Å²) in [6, 6.07) is 3.98. The maximum Gasteiger partial charge on any atom is 0.198 e. The molecule has 10 heteroatoms. The number of rotatable bonds is 3. The van der Waals surface area contributed by atoms with E-state index in [4.69, 9.17) is 10.5 Å². The standard InChI is InChI=1S/C17H17N9O/c18-16-17-20-10-23-26(17)15(12-8-21-22-9-12)14(24-16)11-1-2-13(19-7-11)25-3-5-27-6-4-25/h1-2,7-10H,3-6H2,(H2,18,24)(H,21,22). The van der Waals surface area contributed by atoms with Gasteiger partial charge in [-0.1, -0.05) is 0 Å². The molecule has 27 heavy (non-hydrogen) atoms. The van der Waals surface area contributed by atoms with Gasteiger partial charge in [0.05, 0.1) is 19.4 Å². The Labute approximate surface area is 154 Å². The lowest BCUT2D eigenvalue weighted by atomic mass is 10.1. The van der Waals surface area contributed by atoms with E-state index in [9.17, 15) is 0 Å². The number of H-pyrrole nitrogens is 1. The molecule has 0 aromatic carbocycles. The van der Waals surface area contributed by atoms with Gasteiger partial charge in [0, 0.05) is 36.6 Å². The smallest absolute Gasteiger partial charge is 0.198 e. The molecule has 4 aromatic heterocycles. The van der Waals surface area contributed by atoms with E-state index >= 15 is 0 Å². The Morgan fingerprint density at radius 1 is 1.07 bits per heavy atom. The Morgan fingerprint density at radius 3 is 2.70 bits per heavy atom. The third-order valence-electron chi connectivity index (χ3n) is 4.57. The fraction of sp³-hybridized carbons (Fsp3) is 0.235. The topological polar surface area (TPSA) is 123 Å². The number of nitrogens with one attached hydrogen (secondary N) is 1. The van der Waals surface area contributed by atoms with Crippen LogP contribution >= 0.6 is 0 Å². The first kappa shape index (κ1) is 15.7. The van der Waals surface area contributed by atoms with E-state index in [1.165, 1.54) is 6.33 Å². The number of aromatic nitrogens is 7. The Hall–Kier alpha value is -3.53. The average molecular weight is 363 g/mol. The quantitative estimate of drug-likeness (QED) is 0.552. The van der Waals surface area contributed by atoms with Crippen molar-refractivity contribution in [3.8, 4) is 22.5 Å². The van der Waals surface area contributed by atoms with Crippen LogP contribution in [0.25, 0.3) is 28.2 Å². The molecule has 0 saturated carbocycles. The molecule has 0 atom stereocenters. The van der Waals surface area contributed by atoms with Gasteiger partial charge in [-0.2, -0.15) is 10.2 Å². The van der Waals surface area contributed by atoms with E-state index in [-0.39, 0.29) is 0 Å². The van der Waals surface area contributed by atoms with E-state index in [1.54, 1.807) is 23.1 Å². The van der Waals surface area contributed by atoms with Gasteiger partial charge in [-0.05, 0) is 12.1 Å². The maximum absolute atomic E-state index is 6.11. The molecule has 1 aliphatic heterocycles. The second-order valence-electron chi connectivity index (χ2n) is 6.18. The number of nitrogens with two attached hydrogens (primary N) is 1. The van der Waals surface area contributed by atoms with Crippen molar-refractivity contribution in [3.05, 3.63) is 37.1 Å². The normalized spacial score (nSPS) is 14.7. The van der Waals surface area contributed by atoms with Crippen LogP contribution in [0.5, 0.6) is 0 Å². The van der Waals surface area contributed by atoms with Crippen LogP contribution in [0.1, 0.15) is 0 Å². The molecule has 0 radical (unpaired) electrons. The lowest BCUT2D eigenvalue weighted by Gasteiger charge is -2.27. The van der Waals surface area contributed by atoms with Crippen LogP contribution in [-0.2, 0) is 4.74 Å². The van der Waals surface area contributed by atoms with E-state index in [0.29, 0.717) is 17.2 Å². The minimum atomic E-state index is 0.312. The first-order chi connectivity index (χ1) is 13.3. The zero-order valence-corrected chi connectivity index (χ0v) is 14.4. The first-order valence-electron chi connectivity index (χ1n) is 8.59. The summed E-state index contributed by atoms with van der Waals surface area (Å²) < 4.78 is 7.08. The van der Waals surface area contributed by atoms with Gasteiger partial charge in [-0.15, -0.1) is 0 Å². The molecular formula is C17H17N9O. The zero-order chi connectivity index (χ0) is 18.2. The van der Waals surface area contributed by atoms with Crippen molar-refractivity contribution in [2.24, 2.45) is 0 Å². The van der Waals surface area contributed by atoms with Gasteiger partial charge in [0.25, 0.3) is 0 Å². The van der Waals surface area contributed by atoms with Crippen LogP contribution < -0.4 is 10.6 Å². The molecule has 0 amide bonds. The number of nitrogen functional groups attached to an aromatic ring is 1. The van der Waals surface area contributed by atoms with E-state index in [2.05, 4.69) is 35.1 Å². The first-order valence-corrected chi connectivity index (χ1v) is 8.59.